The second-order valence-corrected chi connectivity index (χ2v) is 14.4. The topological polar surface area (TPSA) is 102 Å². The lowest BCUT2D eigenvalue weighted by atomic mass is 9.40. The Morgan fingerprint density at radius 2 is 1.44 bits per heavy atom. The number of nitrogens with zero attached hydrogens (tertiary/aromatic N) is 1. The van der Waals surface area contributed by atoms with Gasteiger partial charge in [-0.05, 0) is 128 Å². The SMILES string of the molecule is C#C.C#C.C#C.C#C.C=CC.CC.CC1(C)C(c2cccc(/C(N)=N/N)c2)=CC[C@]2(C)C3CCC4C(CC[C@@]5(C(=O)O)CCCC45)C3CCC12. The van der Waals surface area contributed by atoms with Crippen LogP contribution in [0.4, 0.5) is 0 Å². The van der Waals surface area contributed by atoms with Gasteiger partial charge in [-0.2, -0.15) is 5.10 Å². The molecule has 1 aromatic rings. The summed E-state index contributed by atoms with van der Waals surface area (Å²) in [5, 5.41) is 13.9. The molecule has 0 radical (unpaired) electrons. The fraction of sp³-hybridized carbons (Fsp3) is 0.556. The third-order valence-electron chi connectivity index (χ3n) is 12.5. The van der Waals surface area contributed by atoms with Gasteiger partial charge in [0.15, 0.2) is 0 Å². The van der Waals surface area contributed by atoms with Crippen LogP contribution in [-0.2, 0) is 4.79 Å². The van der Waals surface area contributed by atoms with E-state index in [9.17, 15) is 9.90 Å². The highest BCUT2D eigenvalue weighted by molar-refractivity contribution is 5.98. The molecule has 0 aliphatic heterocycles. The van der Waals surface area contributed by atoms with E-state index in [0.717, 1.165) is 61.8 Å². The summed E-state index contributed by atoms with van der Waals surface area (Å²) in [7, 11) is 0. The number of nitrogens with two attached hydrogens (primary N) is 2. The van der Waals surface area contributed by atoms with E-state index in [1.807, 2.05) is 26.8 Å². The van der Waals surface area contributed by atoms with E-state index in [1.165, 1.54) is 36.8 Å². The number of carbonyl (C=O) groups is 1. The molecule has 5 aliphatic rings. The Labute approximate surface area is 306 Å². The molecule has 5 heteroatoms. The van der Waals surface area contributed by atoms with Crippen LogP contribution in [0.25, 0.3) is 5.57 Å². The number of benzene rings is 1. The number of terminal acetylenes is 4. The van der Waals surface area contributed by atoms with Gasteiger partial charge < -0.3 is 16.7 Å². The summed E-state index contributed by atoms with van der Waals surface area (Å²) in [4.78, 5) is 12.4. The number of amidine groups is 1. The van der Waals surface area contributed by atoms with Gasteiger partial charge in [-0.3, -0.25) is 4.79 Å². The molecule has 0 aromatic heterocycles. The Bertz CT molecular complexity index is 1350. The van der Waals surface area contributed by atoms with Crippen LogP contribution < -0.4 is 11.6 Å². The highest BCUT2D eigenvalue weighted by Gasteiger charge is 2.63. The number of hydrogen-bond donors (Lipinski definition) is 3. The second kappa shape index (κ2) is 21.0. The van der Waals surface area contributed by atoms with E-state index in [0.29, 0.717) is 29.0 Å². The van der Waals surface area contributed by atoms with Crippen LogP contribution in [-0.4, -0.2) is 16.9 Å². The summed E-state index contributed by atoms with van der Waals surface area (Å²) in [6.45, 7) is 16.8. The minimum Gasteiger partial charge on any atom is -0.481 e. The predicted molar refractivity (Wildman–Crippen MR) is 215 cm³/mol. The van der Waals surface area contributed by atoms with Crippen molar-refractivity contribution in [3.8, 4) is 51.4 Å². The molecule has 6 rings (SSSR count). The van der Waals surface area contributed by atoms with Crippen molar-refractivity contribution in [2.24, 2.45) is 68.4 Å². The van der Waals surface area contributed by atoms with E-state index in [-0.39, 0.29) is 5.41 Å². The van der Waals surface area contributed by atoms with E-state index in [1.54, 1.807) is 6.08 Å². The molecular weight excluding hydrogens is 615 g/mol. The maximum atomic E-state index is 12.4. The monoisotopic (exact) mass is 680 g/mol. The van der Waals surface area contributed by atoms with Gasteiger partial charge in [-0.1, -0.05) is 71.4 Å². The molecule has 5 aliphatic carbocycles. The first-order valence-electron chi connectivity index (χ1n) is 18.0. The van der Waals surface area contributed by atoms with Gasteiger partial charge in [0.25, 0.3) is 0 Å². The van der Waals surface area contributed by atoms with Gasteiger partial charge in [0.1, 0.15) is 5.84 Å². The third kappa shape index (κ3) is 8.51. The van der Waals surface area contributed by atoms with Crippen molar-refractivity contribution in [3.63, 3.8) is 0 Å². The molecule has 0 amide bonds. The van der Waals surface area contributed by atoms with Crippen molar-refractivity contribution in [3.05, 3.63) is 54.1 Å². The lowest BCUT2D eigenvalue weighted by Gasteiger charge is -2.64. The molecule has 0 heterocycles. The fourth-order valence-electron chi connectivity index (χ4n) is 11.0. The first kappa shape index (κ1) is 45.7. The smallest absolute Gasteiger partial charge is 0.309 e. The average Bonchev–Trinajstić information content (AvgIpc) is 3.62. The number of carboxylic acid groups (broad SMARTS) is 1. The highest BCUT2D eigenvalue weighted by atomic mass is 16.4. The average molecular weight is 680 g/mol. The minimum atomic E-state index is -0.499. The molecule has 5 N–H and O–H groups in total. The lowest BCUT2D eigenvalue weighted by molar-refractivity contribution is -0.166. The zero-order chi connectivity index (χ0) is 38.9. The molecule has 0 bridgehead atoms. The molecule has 5 nitrogen and oxygen atoms in total. The quantitative estimate of drug-likeness (QED) is 0.0740. The Balaban J connectivity index is 0.00000165. The van der Waals surface area contributed by atoms with Crippen LogP contribution in [0.15, 0.2) is 48.1 Å². The third-order valence-corrected chi connectivity index (χ3v) is 12.5. The zero-order valence-electron chi connectivity index (χ0n) is 31.8. The number of carboxylic acids is 1. The highest BCUT2D eigenvalue weighted by Crippen LogP contribution is 2.69. The summed E-state index contributed by atoms with van der Waals surface area (Å²) >= 11 is 0. The first-order chi connectivity index (χ1) is 24.0. The van der Waals surface area contributed by atoms with Crippen molar-refractivity contribution < 1.29 is 9.90 Å². The number of fused-ring (bicyclic) bond motifs is 7. The van der Waals surface area contributed by atoms with Crippen molar-refractivity contribution in [1.82, 2.24) is 0 Å². The van der Waals surface area contributed by atoms with Crippen molar-refractivity contribution in [2.75, 3.05) is 0 Å². The van der Waals surface area contributed by atoms with Crippen LogP contribution in [0.2, 0.25) is 0 Å². The van der Waals surface area contributed by atoms with Crippen LogP contribution in [0, 0.1) is 103 Å². The Kier molecular flexibility index (Phi) is 19.2. The van der Waals surface area contributed by atoms with Gasteiger partial charge in [0, 0.05) is 5.56 Å². The molecule has 6 unspecified atom stereocenters. The van der Waals surface area contributed by atoms with Gasteiger partial charge in [-0.25, -0.2) is 0 Å². The molecule has 272 valence electrons. The molecule has 8 atom stereocenters. The Hall–Kier alpha value is -4.32. The van der Waals surface area contributed by atoms with Crippen molar-refractivity contribution in [2.45, 2.75) is 106 Å². The lowest BCUT2D eigenvalue weighted by Crippen LogP contribution is -2.57. The molecule has 4 saturated carbocycles. The first-order valence-corrected chi connectivity index (χ1v) is 18.0. The second-order valence-electron chi connectivity index (χ2n) is 14.4. The summed E-state index contributed by atoms with van der Waals surface area (Å²) < 4.78 is 0. The number of allylic oxidation sites excluding steroid dienone is 3. The molecule has 0 spiro atoms. The van der Waals surface area contributed by atoms with Crippen LogP contribution >= 0.6 is 0 Å². The van der Waals surface area contributed by atoms with E-state index >= 15 is 0 Å². The Morgan fingerprint density at radius 3 is 2.00 bits per heavy atom. The fourth-order valence-corrected chi connectivity index (χ4v) is 11.0. The van der Waals surface area contributed by atoms with Crippen LogP contribution in [0.1, 0.15) is 117 Å². The van der Waals surface area contributed by atoms with Gasteiger partial charge in [0.05, 0.1) is 5.41 Å². The molecule has 1 aromatic carbocycles. The molecule has 4 fully saturated rings. The maximum absolute atomic E-state index is 12.4. The Morgan fingerprint density at radius 1 is 0.880 bits per heavy atom. The van der Waals surface area contributed by atoms with Gasteiger partial charge in [0.2, 0.25) is 0 Å². The number of rotatable bonds is 3. The van der Waals surface area contributed by atoms with Gasteiger partial charge in [-0.15, -0.1) is 58.0 Å². The largest absolute Gasteiger partial charge is 0.481 e. The summed E-state index contributed by atoms with van der Waals surface area (Å²) in [5.74, 6) is 9.27. The van der Waals surface area contributed by atoms with E-state index in [2.05, 4.69) is 108 Å². The van der Waals surface area contributed by atoms with Crippen molar-refractivity contribution in [1.29, 1.82) is 0 Å². The maximum Gasteiger partial charge on any atom is 0.309 e. The molecular formula is C45H65N3O2. The zero-order valence-corrected chi connectivity index (χ0v) is 31.8. The van der Waals surface area contributed by atoms with Crippen LogP contribution in [0.5, 0.6) is 0 Å². The number of hydrogen-bond acceptors (Lipinski definition) is 3. The number of aliphatic carboxylic acids is 1. The molecule has 0 saturated heterocycles. The number of hydrazone groups is 1. The van der Waals surface area contributed by atoms with Gasteiger partial charge >= 0.3 is 5.97 Å². The molecule has 50 heavy (non-hydrogen) atoms. The van der Waals surface area contributed by atoms with E-state index in [4.69, 9.17) is 11.6 Å². The minimum absolute atomic E-state index is 0.0680. The van der Waals surface area contributed by atoms with Crippen molar-refractivity contribution >= 4 is 17.4 Å². The normalized spacial score (nSPS) is 32.0. The predicted octanol–water partition coefficient (Wildman–Crippen LogP) is 9.63. The van der Waals surface area contributed by atoms with E-state index < -0.39 is 11.4 Å². The van der Waals surface area contributed by atoms with Crippen LogP contribution in [0.3, 0.4) is 0 Å². The summed E-state index contributed by atoms with van der Waals surface area (Å²) in [6, 6.07) is 8.40. The standard InChI is InChI=1S/C32H45N3O2.C3H6.C2H6.4C2H2/c1-30(2)24(19-6-4-7-20(18-19)28(33)35-34)14-16-31(3)25-11-9-23-21(22(25)10-12-27(30)31)13-17-32(29(36)37)15-5-8-26(23)32;1-3-2;5*1-2/h4,6-7,14,18,21-23,25-27H,5,8-13,15-17,34H2,1-3H3,(H2,33,35)(H,36,37);3H,1H2,2H3;1-2H3;4*1-2H/t21?,22?,23?,25?,26?,27?,31-,32+;;;;;;/m1....../s1. The summed E-state index contributed by atoms with van der Waals surface area (Å²) in [6.07, 6.45) is 47.7. The summed E-state index contributed by atoms with van der Waals surface area (Å²) in [5.41, 5.74) is 9.55.